The van der Waals surface area contributed by atoms with Gasteiger partial charge in [0.1, 0.15) is 5.76 Å². The molecule has 1 aromatic rings. The molecule has 0 radical (unpaired) electrons. The van der Waals surface area contributed by atoms with Crippen LogP contribution in [0.25, 0.3) is 0 Å². The summed E-state index contributed by atoms with van der Waals surface area (Å²) in [6, 6.07) is 0. The van der Waals surface area contributed by atoms with Gasteiger partial charge in [-0.15, -0.1) is 0 Å². The number of carbonyl (C=O) groups is 1. The van der Waals surface area contributed by atoms with Crippen LogP contribution in [-0.2, 0) is 16.1 Å². The Morgan fingerprint density at radius 3 is 2.79 bits per heavy atom. The van der Waals surface area contributed by atoms with Gasteiger partial charge in [-0.2, -0.15) is 0 Å². The Morgan fingerprint density at radius 1 is 1.47 bits per heavy atom. The van der Waals surface area contributed by atoms with Crippen molar-refractivity contribution < 1.29 is 14.1 Å². The number of methoxy groups -OCH3 is 1. The number of rotatable bonds is 8. The molecular formula is C13H23N3O3. The molecule has 6 heteroatoms. The number of carbonyl (C=O) groups excluding carboxylic acids is 1. The van der Waals surface area contributed by atoms with Crippen LogP contribution in [0.3, 0.4) is 0 Å². The summed E-state index contributed by atoms with van der Waals surface area (Å²) in [6.07, 6.45) is 0.829. The van der Waals surface area contributed by atoms with Gasteiger partial charge in [0, 0.05) is 32.4 Å². The van der Waals surface area contributed by atoms with Gasteiger partial charge in [0.05, 0.1) is 12.2 Å². The molecule has 0 unspecified atom stereocenters. The Labute approximate surface area is 114 Å². The number of amides is 1. The van der Waals surface area contributed by atoms with Gasteiger partial charge in [-0.05, 0) is 27.3 Å². The highest BCUT2D eigenvalue weighted by Gasteiger charge is 2.13. The topological polar surface area (TPSA) is 67.6 Å². The fourth-order valence-electron chi connectivity index (χ4n) is 1.80. The second kappa shape index (κ2) is 7.91. The molecule has 19 heavy (non-hydrogen) atoms. The van der Waals surface area contributed by atoms with Crippen LogP contribution in [0.15, 0.2) is 4.52 Å². The fourth-order valence-corrected chi connectivity index (χ4v) is 1.80. The minimum atomic E-state index is 0.0189. The predicted octanol–water partition coefficient (Wildman–Crippen LogP) is 0.876. The number of nitrogens with one attached hydrogen (secondary N) is 1. The lowest BCUT2D eigenvalue weighted by Crippen LogP contribution is -2.35. The normalized spacial score (nSPS) is 11.0. The minimum Gasteiger partial charge on any atom is -0.385 e. The highest BCUT2D eigenvalue weighted by atomic mass is 16.5. The standard InChI is InChI=1S/C13H23N3O3/c1-10-12(11(2)19-15-10)8-16(3)9-13(17)14-6-5-7-18-4/h5-9H2,1-4H3,(H,14,17). The summed E-state index contributed by atoms with van der Waals surface area (Å²) in [5, 5.41) is 6.76. The molecule has 0 fully saturated rings. The van der Waals surface area contributed by atoms with Crippen molar-refractivity contribution in [3.8, 4) is 0 Å². The van der Waals surface area contributed by atoms with Crippen LogP contribution in [0.4, 0.5) is 0 Å². The first kappa shape index (κ1) is 15.7. The zero-order valence-corrected chi connectivity index (χ0v) is 12.2. The molecule has 0 saturated carbocycles. The summed E-state index contributed by atoms with van der Waals surface area (Å²) in [4.78, 5) is 13.6. The molecule has 1 N–H and O–H groups in total. The first-order chi connectivity index (χ1) is 9.04. The lowest BCUT2D eigenvalue weighted by molar-refractivity contribution is -0.122. The number of aromatic nitrogens is 1. The Hall–Kier alpha value is -1.40. The van der Waals surface area contributed by atoms with Crippen LogP contribution in [0, 0.1) is 13.8 Å². The van der Waals surface area contributed by atoms with Crippen molar-refractivity contribution in [2.24, 2.45) is 0 Å². The number of hydrogen-bond acceptors (Lipinski definition) is 5. The van der Waals surface area contributed by atoms with E-state index in [0.29, 0.717) is 26.2 Å². The Morgan fingerprint density at radius 2 is 2.21 bits per heavy atom. The Bertz CT molecular complexity index is 384. The smallest absolute Gasteiger partial charge is 0.234 e. The maximum atomic E-state index is 11.7. The SMILES string of the molecule is COCCCNC(=O)CN(C)Cc1c(C)noc1C. The maximum absolute atomic E-state index is 11.7. The minimum absolute atomic E-state index is 0.0189. The van der Waals surface area contributed by atoms with Gasteiger partial charge in [0.25, 0.3) is 0 Å². The third kappa shape index (κ3) is 5.40. The average Bonchev–Trinajstić information content (AvgIpc) is 2.66. The number of ether oxygens (including phenoxy) is 1. The lowest BCUT2D eigenvalue weighted by atomic mass is 10.2. The first-order valence-electron chi connectivity index (χ1n) is 6.40. The summed E-state index contributed by atoms with van der Waals surface area (Å²) in [5.74, 6) is 0.829. The monoisotopic (exact) mass is 269 g/mol. The quantitative estimate of drug-likeness (QED) is 0.709. The molecule has 0 spiro atoms. The van der Waals surface area contributed by atoms with Gasteiger partial charge < -0.3 is 14.6 Å². The van der Waals surface area contributed by atoms with Crippen LogP contribution >= 0.6 is 0 Å². The third-order valence-corrected chi connectivity index (χ3v) is 2.87. The van der Waals surface area contributed by atoms with Crippen LogP contribution in [0.5, 0.6) is 0 Å². The van der Waals surface area contributed by atoms with Gasteiger partial charge in [0.2, 0.25) is 5.91 Å². The van der Waals surface area contributed by atoms with E-state index in [0.717, 1.165) is 23.4 Å². The number of aryl methyl sites for hydroxylation is 2. The number of likely N-dealkylation sites (N-methyl/N-ethyl adjacent to an activating group) is 1. The summed E-state index contributed by atoms with van der Waals surface area (Å²) < 4.78 is 10.0. The molecular weight excluding hydrogens is 246 g/mol. The molecule has 0 saturated heterocycles. The molecule has 1 aromatic heterocycles. The second-order valence-corrected chi connectivity index (χ2v) is 4.67. The van der Waals surface area contributed by atoms with E-state index in [9.17, 15) is 4.79 Å². The average molecular weight is 269 g/mol. The third-order valence-electron chi connectivity index (χ3n) is 2.87. The van der Waals surface area contributed by atoms with E-state index < -0.39 is 0 Å². The molecule has 1 amide bonds. The molecule has 108 valence electrons. The molecule has 0 aliphatic rings. The second-order valence-electron chi connectivity index (χ2n) is 4.67. The van der Waals surface area contributed by atoms with E-state index in [1.165, 1.54) is 0 Å². The number of nitrogens with zero attached hydrogens (tertiary/aromatic N) is 2. The van der Waals surface area contributed by atoms with E-state index in [2.05, 4.69) is 10.5 Å². The van der Waals surface area contributed by atoms with E-state index in [1.807, 2.05) is 25.8 Å². The maximum Gasteiger partial charge on any atom is 0.234 e. The molecule has 0 bridgehead atoms. The van der Waals surface area contributed by atoms with E-state index >= 15 is 0 Å². The number of hydrogen-bond donors (Lipinski definition) is 1. The van der Waals surface area contributed by atoms with Crippen molar-refractivity contribution in [3.05, 3.63) is 17.0 Å². The molecule has 1 rings (SSSR count). The van der Waals surface area contributed by atoms with E-state index in [4.69, 9.17) is 9.26 Å². The predicted molar refractivity (Wildman–Crippen MR) is 71.8 cm³/mol. The van der Waals surface area contributed by atoms with Gasteiger partial charge in [-0.3, -0.25) is 9.69 Å². The van der Waals surface area contributed by atoms with Crippen molar-refractivity contribution in [3.63, 3.8) is 0 Å². The van der Waals surface area contributed by atoms with Gasteiger partial charge in [-0.25, -0.2) is 0 Å². The highest BCUT2D eigenvalue weighted by molar-refractivity contribution is 5.77. The zero-order valence-electron chi connectivity index (χ0n) is 12.2. The highest BCUT2D eigenvalue weighted by Crippen LogP contribution is 2.13. The van der Waals surface area contributed by atoms with Crippen LogP contribution in [0.2, 0.25) is 0 Å². The molecule has 0 aromatic carbocycles. The fraction of sp³-hybridized carbons (Fsp3) is 0.692. The van der Waals surface area contributed by atoms with Gasteiger partial charge in [-0.1, -0.05) is 5.16 Å². The largest absolute Gasteiger partial charge is 0.385 e. The van der Waals surface area contributed by atoms with Crippen molar-refractivity contribution in [1.29, 1.82) is 0 Å². The van der Waals surface area contributed by atoms with E-state index in [-0.39, 0.29) is 5.91 Å². The Kier molecular flexibility index (Phi) is 6.52. The molecule has 1 heterocycles. The summed E-state index contributed by atoms with van der Waals surface area (Å²) >= 11 is 0. The van der Waals surface area contributed by atoms with Crippen molar-refractivity contribution in [1.82, 2.24) is 15.4 Å². The Balaban J connectivity index is 2.31. The van der Waals surface area contributed by atoms with Crippen LogP contribution in [-0.4, -0.2) is 49.8 Å². The summed E-state index contributed by atoms with van der Waals surface area (Å²) in [7, 11) is 3.56. The van der Waals surface area contributed by atoms with Gasteiger partial charge >= 0.3 is 0 Å². The lowest BCUT2D eigenvalue weighted by Gasteiger charge is -2.16. The van der Waals surface area contributed by atoms with Crippen molar-refractivity contribution in [2.45, 2.75) is 26.8 Å². The molecule has 0 atom stereocenters. The van der Waals surface area contributed by atoms with Crippen molar-refractivity contribution >= 4 is 5.91 Å². The zero-order chi connectivity index (χ0) is 14.3. The molecule has 0 aliphatic heterocycles. The molecule has 6 nitrogen and oxygen atoms in total. The van der Waals surface area contributed by atoms with Crippen LogP contribution < -0.4 is 5.32 Å². The van der Waals surface area contributed by atoms with Gasteiger partial charge in [0.15, 0.2) is 0 Å². The van der Waals surface area contributed by atoms with Crippen LogP contribution in [0.1, 0.15) is 23.4 Å². The first-order valence-corrected chi connectivity index (χ1v) is 6.40. The molecule has 0 aliphatic carbocycles. The summed E-state index contributed by atoms with van der Waals surface area (Å²) in [5.41, 5.74) is 1.93. The van der Waals surface area contributed by atoms with E-state index in [1.54, 1.807) is 7.11 Å². The van der Waals surface area contributed by atoms with Crippen molar-refractivity contribution in [2.75, 3.05) is 33.9 Å². The summed E-state index contributed by atoms with van der Waals surface area (Å²) in [6.45, 7) is 6.11.